The summed E-state index contributed by atoms with van der Waals surface area (Å²) in [6.07, 6.45) is 15.7. The second-order valence-electron chi connectivity index (χ2n) is 14.8. The van der Waals surface area contributed by atoms with Crippen LogP contribution in [0.15, 0.2) is 96.3 Å². The molecule has 10 nitrogen and oxygen atoms in total. The Morgan fingerprint density at radius 1 is 0.679 bits per heavy atom. The number of benzene rings is 2. The average Bonchev–Trinajstić information content (AvgIpc) is 3.82. The number of rotatable bonds is 10. The molecule has 8 rings (SSSR count). The van der Waals surface area contributed by atoms with Gasteiger partial charge in [-0.3, -0.25) is 14.6 Å². The number of fused-ring (bicyclic) bond motifs is 2. The van der Waals surface area contributed by atoms with E-state index in [4.69, 9.17) is 9.47 Å². The molecule has 0 amide bonds. The molecule has 6 aromatic rings. The van der Waals surface area contributed by atoms with Gasteiger partial charge in [-0.1, -0.05) is 74.5 Å². The van der Waals surface area contributed by atoms with E-state index in [0.717, 1.165) is 51.4 Å². The molecule has 0 atom stereocenters. The van der Waals surface area contributed by atoms with Crippen molar-refractivity contribution >= 4 is 49.8 Å². The van der Waals surface area contributed by atoms with Gasteiger partial charge in [-0.05, 0) is 78.4 Å². The monoisotopic (exact) mass is 776 g/mol. The van der Waals surface area contributed by atoms with Crippen LogP contribution < -0.4 is 0 Å². The normalized spacial score (nSPS) is 23.0. The predicted molar refractivity (Wildman–Crippen MR) is 207 cm³/mol. The van der Waals surface area contributed by atoms with Gasteiger partial charge in [-0.2, -0.15) is 0 Å². The fourth-order valence-corrected chi connectivity index (χ4v) is 7.82. The highest BCUT2D eigenvalue weighted by atomic mass is 79.9. The van der Waals surface area contributed by atoms with E-state index in [1.807, 2.05) is 36.4 Å². The number of nitrogens with one attached hydrogen (secondary N) is 2. The van der Waals surface area contributed by atoms with Gasteiger partial charge in [0, 0.05) is 35.6 Å². The summed E-state index contributed by atoms with van der Waals surface area (Å²) < 4.78 is 12.8. The zero-order valence-corrected chi connectivity index (χ0v) is 31.8. The standard InChI is InChI=1S/C21H22BrN3O2.C21H23N3O2/c1-21(19(26)16-11-23-20-18(16)25-17(22)12-24-20)9-7-15(8-10-21)27-13-14-5-3-2-4-6-14;1-21(19(25)17-13-24-20-18(17)22-11-12-23-20)9-7-16(8-10-21)26-14-15-5-3-2-4-6-15/h2-6,11-12,15H,7-10,13H2,1H3,(H,23,24);2-6,11-13,16H,7-10,14H2,1H3,(H,23,24). The van der Waals surface area contributed by atoms with Crippen molar-refractivity contribution in [2.45, 2.75) is 90.6 Å². The molecule has 0 spiro atoms. The van der Waals surface area contributed by atoms with Crippen LogP contribution in [0.3, 0.4) is 0 Å². The molecule has 2 aliphatic carbocycles. The van der Waals surface area contributed by atoms with Crippen LogP contribution in [0.4, 0.5) is 0 Å². The molecular weight excluding hydrogens is 732 g/mol. The number of ketones is 2. The van der Waals surface area contributed by atoms with Crippen molar-refractivity contribution in [3.63, 3.8) is 0 Å². The van der Waals surface area contributed by atoms with Gasteiger partial charge in [0.25, 0.3) is 0 Å². The van der Waals surface area contributed by atoms with Crippen LogP contribution >= 0.6 is 15.9 Å². The maximum Gasteiger partial charge on any atom is 0.172 e. The van der Waals surface area contributed by atoms with Crippen molar-refractivity contribution in [3.8, 4) is 0 Å². The SMILES string of the molecule is CC1(C(=O)c2c[nH]c3ncc(Br)nc23)CCC(OCc2ccccc2)CC1.CC1(C(=O)c2c[nH]c3nccnc23)CCC(OCc2ccccc2)CC1. The van der Waals surface area contributed by atoms with Crippen molar-refractivity contribution in [2.75, 3.05) is 0 Å². The first-order valence-corrected chi connectivity index (χ1v) is 19.2. The molecule has 4 aromatic heterocycles. The van der Waals surface area contributed by atoms with Gasteiger partial charge >= 0.3 is 0 Å². The lowest BCUT2D eigenvalue weighted by Crippen LogP contribution is -2.35. The van der Waals surface area contributed by atoms with E-state index in [1.54, 1.807) is 31.0 Å². The molecule has 2 aliphatic rings. The molecular formula is C42H45BrN6O4. The number of H-pyrrole nitrogens is 2. The van der Waals surface area contributed by atoms with Gasteiger partial charge in [-0.25, -0.2) is 15.0 Å². The van der Waals surface area contributed by atoms with E-state index in [1.165, 1.54) is 11.1 Å². The molecule has 2 N–H and O–H groups in total. The number of aromatic nitrogens is 6. The largest absolute Gasteiger partial charge is 0.374 e. The van der Waals surface area contributed by atoms with Gasteiger partial charge in [-0.15, -0.1) is 0 Å². The Labute approximate surface area is 317 Å². The van der Waals surface area contributed by atoms with Crippen molar-refractivity contribution in [2.24, 2.45) is 10.8 Å². The van der Waals surface area contributed by atoms with Crippen LogP contribution in [0.5, 0.6) is 0 Å². The molecule has 2 aromatic carbocycles. The number of ether oxygens (including phenoxy) is 2. The molecule has 53 heavy (non-hydrogen) atoms. The molecule has 4 heterocycles. The Morgan fingerprint density at radius 3 is 1.64 bits per heavy atom. The quantitative estimate of drug-likeness (QED) is 0.131. The minimum atomic E-state index is -0.383. The van der Waals surface area contributed by atoms with Gasteiger partial charge < -0.3 is 19.4 Å². The van der Waals surface area contributed by atoms with Gasteiger partial charge in [0.05, 0.1) is 42.7 Å². The van der Waals surface area contributed by atoms with Crippen molar-refractivity contribution < 1.29 is 19.1 Å². The van der Waals surface area contributed by atoms with E-state index in [2.05, 4.69) is 83.9 Å². The summed E-state index contributed by atoms with van der Waals surface area (Å²) in [5.74, 6) is 0.299. The fourth-order valence-electron chi connectivity index (χ4n) is 7.54. The van der Waals surface area contributed by atoms with Crippen LogP contribution in [0, 0.1) is 10.8 Å². The van der Waals surface area contributed by atoms with Gasteiger partial charge in [0.1, 0.15) is 15.6 Å². The number of Topliss-reactive ketones (excluding diaryl/α,β-unsaturated/α-hetero) is 2. The maximum atomic E-state index is 13.3. The van der Waals surface area contributed by atoms with Gasteiger partial charge in [0.15, 0.2) is 22.9 Å². The summed E-state index contributed by atoms with van der Waals surface area (Å²) in [4.78, 5) is 49.8. The van der Waals surface area contributed by atoms with Crippen LogP contribution in [0.2, 0.25) is 0 Å². The molecule has 0 aliphatic heterocycles. The minimum Gasteiger partial charge on any atom is -0.374 e. The number of carbonyl (C=O) groups excluding carboxylic acids is 2. The first kappa shape index (κ1) is 36.8. The summed E-state index contributed by atoms with van der Waals surface area (Å²) in [6.45, 7) is 5.39. The summed E-state index contributed by atoms with van der Waals surface area (Å²) in [5.41, 5.74) is 5.53. The first-order valence-electron chi connectivity index (χ1n) is 18.4. The van der Waals surface area contributed by atoms with E-state index < -0.39 is 0 Å². The van der Waals surface area contributed by atoms with Crippen molar-refractivity contribution in [1.29, 1.82) is 0 Å². The second kappa shape index (κ2) is 16.2. The lowest BCUT2D eigenvalue weighted by Gasteiger charge is -2.35. The topological polar surface area (TPSA) is 136 Å². The molecule has 0 unspecified atom stereocenters. The molecule has 11 heteroatoms. The summed E-state index contributed by atoms with van der Waals surface area (Å²) in [5, 5.41) is 0. The van der Waals surface area contributed by atoms with Crippen LogP contribution in [0.1, 0.15) is 97.1 Å². The first-order chi connectivity index (χ1) is 25.7. The maximum absolute atomic E-state index is 13.3. The van der Waals surface area contributed by atoms with E-state index in [0.29, 0.717) is 51.3 Å². The number of aromatic amines is 2. The minimum absolute atomic E-state index is 0.141. The zero-order chi connectivity index (χ0) is 36.8. The molecule has 2 fully saturated rings. The Kier molecular flexibility index (Phi) is 11.2. The highest BCUT2D eigenvalue weighted by Gasteiger charge is 2.40. The smallest absolute Gasteiger partial charge is 0.172 e. The number of hydrogen-bond donors (Lipinski definition) is 2. The molecule has 0 radical (unpaired) electrons. The third kappa shape index (κ3) is 8.48. The van der Waals surface area contributed by atoms with E-state index in [-0.39, 0.29) is 34.6 Å². The molecule has 0 saturated heterocycles. The lowest BCUT2D eigenvalue weighted by molar-refractivity contribution is -0.00576. The average molecular weight is 778 g/mol. The number of halogens is 1. The third-order valence-electron chi connectivity index (χ3n) is 11.0. The second-order valence-corrected chi connectivity index (χ2v) is 15.6. The highest BCUT2D eigenvalue weighted by Crippen LogP contribution is 2.42. The van der Waals surface area contributed by atoms with Crippen molar-refractivity contribution in [1.82, 2.24) is 29.9 Å². The molecule has 274 valence electrons. The predicted octanol–water partition coefficient (Wildman–Crippen LogP) is 9.38. The van der Waals surface area contributed by atoms with E-state index >= 15 is 0 Å². The Morgan fingerprint density at radius 2 is 1.13 bits per heavy atom. The number of nitrogens with zero attached hydrogens (tertiary/aromatic N) is 4. The number of carbonyl (C=O) groups is 2. The van der Waals surface area contributed by atoms with Crippen LogP contribution in [0.25, 0.3) is 22.3 Å². The number of hydrogen-bond acceptors (Lipinski definition) is 8. The summed E-state index contributed by atoms with van der Waals surface area (Å²) >= 11 is 3.34. The Balaban J connectivity index is 0.000000164. The third-order valence-corrected chi connectivity index (χ3v) is 11.4. The fraction of sp³-hybridized carbons (Fsp3) is 0.381. The van der Waals surface area contributed by atoms with Crippen molar-refractivity contribution in [3.05, 3.63) is 119 Å². The molecule has 2 saturated carbocycles. The van der Waals surface area contributed by atoms with Crippen LogP contribution in [-0.2, 0) is 22.7 Å². The van der Waals surface area contributed by atoms with Gasteiger partial charge in [0.2, 0.25) is 0 Å². The highest BCUT2D eigenvalue weighted by molar-refractivity contribution is 9.10. The summed E-state index contributed by atoms with van der Waals surface area (Å²) in [7, 11) is 0. The van der Waals surface area contributed by atoms with Crippen LogP contribution in [-0.4, -0.2) is 53.7 Å². The Bertz CT molecular complexity index is 2150. The van der Waals surface area contributed by atoms with E-state index in [9.17, 15) is 9.59 Å². The summed E-state index contributed by atoms with van der Waals surface area (Å²) in [6, 6.07) is 20.4. The Hall–Kier alpha value is -4.58. The lowest BCUT2D eigenvalue weighted by atomic mass is 9.70. The molecule has 0 bridgehead atoms. The zero-order valence-electron chi connectivity index (χ0n) is 30.2.